The van der Waals surface area contributed by atoms with E-state index in [4.69, 9.17) is 0 Å². The fourth-order valence-electron chi connectivity index (χ4n) is 2.59. The monoisotopic (exact) mass is 371 g/mol. The average Bonchev–Trinajstić information content (AvgIpc) is 2.96. The number of amides is 3. The van der Waals surface area contributed by atoms with Crippen molar-refractivity contribution < 1.29 is 14.8 Å². The van der Waals surface area contributed by atoms with E-state index in [1.165, 1.54) is 0 Å². The standard InChI is InChI=1S/C19H25N5O3/c1-4-11-24(13-12-23(2)3)17(22-27)15-8-5-14(6-9-15)7-10-16-18(25)21-19(26)20-16/h5-6,8-9,16,27H,4,11-13H2,1-3H3,(H2,20,21,25,26)/b22-17-/t16-/m0/s1. The Bertz CT molecular complexity index is 762. The van der Waals surface area contributed by atoms with Gasteiger partial charge in [-0.25, -0.2) is 4.79 Å². The van der Waals surface area contributed by atoms with Crippen LogP contribution in [0.15, 0.2) is 29.4 Å². The molecule has 0 aliphatic carbocycles. The number of hydrogen-bond donors (Lipinski definition) is 3. The lowest BCUT2D eigenvalue weighted by Crippen LogP contribution is -2.37. The zero-order chi connectivity index (χ0) is 19.8. The van der Waals surface area contributed by atoms with Crippen molar-refractivity contribution in [1.82, 2.24) is 20.4 Å². The smallest absolute Gasteiger partial charge is 0.322 e. The van der Waals surface area contributed by atoms with Gasteiger partial charge in [0.1, 0.15) is 0 Å². The highest BCUT2D eigenvalue weighted by atomic mass is 16.4. The average molecular weight is 371 g/mol. The van der Waals surface area contributed by atoms with E-state index < -0.39 is 18.0 Å². The molecule has 144 valence electrons. The van der Waals surface area contributed by atoms with Crippen LogP contribution in [-0.2, 0) is 4.79 Å². The molecule has 0 saturated carbocycles. The molecule has 1 aliphatic heterocycles. The summed E-state index contributed by atoms with van der Waals surface area (Å²) in [4.78, 5) is 26.7. The summed E-state index contributed by atoms with van der Waals surface area (Å²) in [5.74, 6) is 5.66. The van der Waals surface area contributed by atoms with E-state index in [0.29, 0.717) is 11.4 Å². The third-order valence-electron chi connectivity index (χ3n) is 3.98. The SMILES string of the molecule is CCCN(CCN(C)C)/C(=N\O)c1ccc(C#C[C@@H]2NC(=O)NC2=O)cc1. The lowest BCUT2D eigenvalue weighted by Gasteiger charge is -2.26. The summed E-state index contributed by atoms with van der Waals surface area (Å²) < 4.78 is 0. The first-order valence-electron chi connectivity index (χ1n) is 8.79. The van der Waals surface area contributed by atoms with Gasteiger partial charge in [-0.1, -0.05) is 23.9 Å². The molecule has 3 N–H and O–H groups in total. The molecule has 0 bridgehead atoms. The van der Waals surface area contributed by atoms with Gasteiger partial charge in [0, 0.05) is 30.8 Å². The number of urea groups is 1. The van der Waals surface area contributed by atoms with Crippen molar-refractivity contribution in [2.24, 2.45) is 5.16 Å². The first kappa shape index (κ1) is 20.3. The summed E-state index contributed by atoms with van der Waals surface area (Å²) in [5, 5.41) is 17.6. The number of oxime groups is 1. The van der Waals surface area contributed by atoms with E-state index in [1.807, 2.05) is 31.1 Å². The Balaban J connectivity index is 2.12. The predicted octanol–water partition coefficient (Wildman–Crippen LogP) is 0.656. The van der Waals surface area contributed by atoms with Crippen molar-refractivity contribution in [3.05, 3.63) is 35.4 Å². The Hall–Kier alpha value is -3.05. The van der Waals surface area contributed by atoms with E-state index in [2.05, 4.69) is 39.5 Å². The number of carbonyl (C=O) groups is 2. The van der Waals surface area contributed by atoms with Crippen LogP contribution in [0, 0.1) is 11.8 Å². The van der Waals surface area contributed by atoms with Gasteiger partial charge >= 0.3 is 6.03 Å². The molecular weight excluding hydrogens is 346 g/mol. The van der Waals surface area contributed by atoms with E-state index in [1.54, 1.807) is 12.1 Å². The minimum atomic E-state index is -0.835. The van der Waals surface area contributed by atoms with Crippen molar-refractivity contribution in [2.45, 2.75) is 19.4 Å². The summed E-state index contributed by atoms with van der Waals surface area (Å²) in [6.45, 7) is 4.45. The number of hydrogen-bond acceptors (Lipinski definition) is 5. The lowest BCUT2D eigenvalue weighted by atomic mass is 10.1. The molecule has 1 fully saturated rings. The summed E-state index contributed by atoms with van der Waals surface area (Å²) in [5.41, 5.74) is 1.47. The Morgan fingerprint density at radius 1 is 1.19 bits per heavy atom. The Labute approximate surface area is 159 Å². The van der Waals surface area contributed by atoms with Crippen molar-refractivity contribution >= 4 is 17.8 Å². The van der Waals surface area contributed by atoms with Gasteiger partial charge in [-0.3, -0.25) is 10.1 Å². The molecule has 1 saturated heterocycles. The maximum Gasteiger partial charge on any atom is 0.322 e. The Kier molecular flexibility index (Phi) is 7.20. The van der Waals surface area contributed by atoms with Crippen LogP contribution < -0.4 is 10.6 Å². The summed E-state index contributed by atoms with van der Waals surface area (Å²) in [6, 6.07) is 5.86. The van der Waals surface area contributed by atoms with Crippen LogP contribution in [0.2, 0.25) is 0 Å². The number of likely N-dealkylation sites (N-methyl/N-ethyl adjacent to an activating group) is 1. The Morgan fingerprint density at radius 2 is 1.89 bits per heavy atom. The van der Waals surface area contributed by atoms with Gasteiger partial charge in [0.15, 0.2) is 11.9 Å². The number of imide groups is 1. The van der Waals surface area contributed by atoms with Gasteiger partial charge in [0.2, 0.25) is 0 Å². The molecule has 1 aromatic carbocycles. The highest BCUT2D eigenvalue weighted by molar-refractivity contribution is 6.05. The molecule has 1 aliphatic rings. The topological polar surface area (TPSA) is 97.3 Å². The molecule has 1 atom stereocenters. The summed E-state index contributed by atoms with van der Waals surface area (Å²) in [6.07, 6.45) is 0.936. The maximum absolute atomic E-state index is 11.5. The lowest BCUT2D eigenvalue weighted by molar-refractivity contribution is -0.119. The maximum atomic E-state index is 11.5. The Morgan fingerprint density at radius 3 is 2.41 bits per heavy atom. The fourth-order valence-corrected chi connectivity index (χ4v) is 2.59. The largest absolute Gasteiger partial charge is 0.409 e. The van der Waals surface area contributed by atoms with Crippen molar-refractivity contribution in [2.75, 3.05) is 33.7 Å². The number of rotatable bonds is 6. The van der Waals surface area contributed by atoms with Gasteiger partial charge in [0.05, 0.1) is 0 Å². The first-order chi connectivity index (χ1) is 12.9. The van der Waals surface area contributed by atoms with Crippen LogP contribution in [-0.4, -0.2) is 72.6 Å². The van der Waals surface area contributed by atoms with Crippen LogP contribution in [0.4, 0.5) is 4.79 Å². The van der Waals surface area contributed by atoms with Crippen LogP contribution >= 0.6 is 0 Å². The quantitative estimate of drug-likeness (QED) is 0.170. The minimum absolute atomic E-state index is 0.449. The summed E-state index contributed by atoms with van der Waals surface area (Å²) >= 11 is 0. The van der Waals surface area contributed by atoms with E-state index in [-0.39, 0.29) is 0 Å². The molecule has 0 unspecified atom stereocenters. The number of nitrogens with zero attached hydrogens (tertiary/aromatic N) is 3. The number of benzene rings is 1. The third-order valence-corrected chi connectivity index (χ3v) is 3.98. The third kappa shape index (κ3) is 5.72. The normalized spacial score (nSPS) is 16.6. The summed E-state index contributed by atoms with van der Waals surface area (Å²) in [7, 11) is 4.00. The zero-order valence-electron chi connectivity index (χ0n) is 15.8. The van der Waals surface area contributed by atoms with Crippen LogP contribution in [0.3, 0.4) is 0 Å². The minimum Gasteiger partial charge on any atom is -0.409 e. The second-order valence-corrected chi connectivity index (χ2v) is 6.46. The zero-order valence-corrected chi connectivity index (χ0v) is 15.8. The van der Waals surface area contributed by atoms with Gasteiger partial charge in [0.25, 0.3) is 5.91 Å². The van der Waals surface area contributed by atoms with Crippen molar-refractivity contribution in [3.8, 4) is 11.8 Å². The van der Waals surface area contributed by atoms with E-state index >= 15 is 0 Å². The first-order valence-corrected chi connectivity index (χ1v) is 8.79. The highest BCUT2D eigenvalue weighted by Gasteiger charge is 2.27. The second-order valence-electron chi connectivity index (χ2n) is 6.46. The van der Waals surface area contributed by atoms with Crippen LogP contribution in [0.5, 0.6) is 0 Å². The second kappa shape index (κ2) is 9.59. The molecule has 1 heterocycles. The van der Waals surface area contributed by atoms with Gasteiger partial charge in [-0.2, -0.15) is 0 Å². The van der Waals surface area contributed by atoms with Crippen molar-refractivity contribution in [3.63, 3.8) is 0 Å². The van der Waals surface area contributed by atoms with Gasteiger partial charge < -0.3 is 20.3 Å². The fraction of sp³-hybridized carbons (Fsp3) is 0.421. The number of amidine groups is 1. The van der Waals surface area contributed by atoms with Crippen LogP contribution in [0.25, 0.3) is 0 Å². The molecule has 0 radical (unpaired) electrons. The van der Waals surface area contributed by atoms with Gasteiger partial charge in [-0.05, 0) is 44.8 Å². The molecule has 8 nitrogen and oxygen atoms in total. The molecular formula is C19H25N5O3. The van der Waals surface area contributed by atoms with Gasteiger partial charge in [-0.15, -0.1) is 0 Å². The molecule has 27 heavy (non-hydrogen) atoms. The molecule has 3 amide bonds. The van der Waals surface area contributed by atoms with E-state index in [9.17, 15) is 14.8 Å². The molecule has 8 heteroatoms. The van der Waals surface area contributed by atoms with E-state index in [0.717, 1.165) is 31.6 Å². The molecule has 1 aromatic rings. The number of nitrogens with one attached hydrogen (secondary N) is 2. The highest BCUT2D eigenvalue weighted by Crippen LogP contribution is 2.09. The molecule has 0 aromatic heterocycles. The molecule has 0 spiro atoms. The van der Waals surface area contributed by atoms with Crippen molar-refractivity contribution in [1.29, 1.82) is 0 Å². The predicted molar refractivity (Wildman–Crippen MR) is 103 cm³/mol. The van der Waals surface area contributed by atoms with Crippen LogP contribution in [0.1, 0.15) is 24.5 Å². The number of carbonyl (C=O) groups excluding carboxylic acids is 2. The molecule has 2 rings (SSSR count).